The Hall–Kier alpha value is -3.12. The molecule has 0 radical (unpaired) electrons. The van der Waals surface area contributed by atoms with Gasteiger partial charge in [0.1, 0.15) is 5.58 Å². The Balaban J connectivity index is 1.25. The van der Waals surface area contributed by atoms with Crippen LogP contribution in [0.4, 0.5) is 0 Å². The average Bonchev–Trinajstić information content (AvgIpc) is 3.17. The predicted octanol–water partition coefficient (Wildman–Crippen LogP) is 3.24. The lowest BCUT2D eigenvalue weighted by Crippen LogP contribution is -2.49. The highest BCUT2D eigenvalue weighted by Crippen LogP contribution is 2.19. The highest BCUT2D eigenvalue weighted by molar-refractivity contribution is 5.93. The molecule has 1 amide bonds. The molecule has 0 spiro atoms. The fourth-order valence-electron chi connectivity index (χ4n) is 3.60. The van der Waals surface area contributed by atoms with E-state index in [-0.39, 0.29) is 18.3 Å². The molecule has 2 heterocycles. The van der Waals surface area contributed by atoms with Crippen molar-refractivity contribution >= 4 is 22.8 Å². The van der Waals surface area contributed by atoms with E-state index in [1.165, 1.54) is 11.1 Å². The molecule has 29 heavy (non-hydrogen) atoms. The Morgan fingerprint density at radius 2 is 1.79 bits per heavy atom. The first-order valence-electron chi connectivity index (χ1n) is 9.80. The molecule has 1 saturated heterocycles. The van der Waals surface area contributed by atoms with Crippen molar-refractivity contribution in [3.63, 3.8) is 0 Å². The van der Waals surface area contributed by atoms with E-state index >= 15 is 0 Å². The number of hydrogen-bond donors (Lipinski definition) is 0. The van der Waals surface area contributed by atoms with Crippen LogP contribution in [-0.4, -0.2) is 54.5 Å². The fraction of sp³-hybridized carbons (Fsp3) is 0.304. The first kappa shape index (κ1) is 19.2. The van der Waals surface area contributed by atoms with Gasteiger partial charge in [-0.25, -0.2) is 4.79 Å². The van der Waals surface area contributed by atoms with Crippen molar-refractivity contribution in [3.05, 3.63) is 71.5 Å². The van der Waals surface area contributed by atoms with Crippen molar-refractivity contribution in [2.24, 2.45) is 0 Å². The number of piperazine rings is 1. The minimum atomic E-state index is -0.618. The minimum Gasteiger partial charge on any atom is -0.450 e. The molecule has 0 atom stereocenters. The lowest BCUT2D eigenvalue weighted by Gasteiger charge is -2.34. The normalized spacial score (nSPS) is 14.9. The van der Waals surface area contributed by atoms with Crippen LogP contribution in [0.1, 0.15) is 21.7 Å². The molecule has 0 N–H and O–H groups in total. The maximum absolute atomic E-state index is 12.4. The molecule has 1 fully saturated rings. The third-order valence-corrected chi connectivity index (χ3v) is 5.17. The molecule has 0 bridgehead atoms. The van der Waals surface area contributed by atoms with Gasteiger partial charge in [-0.1, -0.05) is 48.0 Å². The summed E-state index contributed by atoms with van der Waals surface area (Å²) < 4.78 is 10.7. The van der Waals surface area contributed by atoms with E-state index < -0.39 is 5.97 Å². The number of amides is 1. The zero-order valence-electron chi connectivity index (χ0n) is 16.5. The second-order valence-electron chi connectivity index (χ2n) is 7.37. The van der Waals surface area contributed by atoms with E-state index in [1.807, 2.05) is 18.2 Å². The number of hydrogen-bond acceptors (Lipinski definition) is 5. The minimum absolute atomic E-state index is 0.113. The monoisotopic (exact) mass is 392 g/mol. The summed E-state index contributed by atoms with van der Waals surface area (Å²) in [6, 6.07) is 17.5. The number of furan rings is 1. The largest absolute Gasteiger partial charge is 0.450 e. The van der Waals surface area contributed by atoms with Crippen LogP contribution < -0.4 is 0 Å². The van der Waals surface area contributed by atoms with Crippen molar-refractivity contribution < 1.29 is 18.7 Å². The Kier molecular flexibility index (Phi) is 5.62. The van der Waals surface area contributed by atoms with Gasteiger partial charge in [0.2, 0.25) is 5.76 Å². The van der Waals surface area contributed by atoms with E-state index in [1.54, 1.807) is 17.0 Å². The molecule has 1 aliphatic heterocycles. The van der Waals surface area contributed by atoms with Gasteiger partial charge in [-0.05, 0) is 24.6 Å². The molecule has 4 rings (SSSR count). The first-order valence-corrected chi connectivity index (χ1v) is 9.80. The van der Waals surface area contributed by atoms with Crippen LogP contribution in [0.5, 0.6) is 0 Å². The number of nitrogens with zero attached hydrogens (tertiary/aromatic N) is 2. The quantitative estimate of drug-likeness (QED) is 0.624. The van der Waals surface area contributed by atoms with E-state index in [9.17, 15) is 9.59 Å². The maximum atomic E-state index is 12.4. The standard InChI is InChI=1S/C23H24N2O4/c1-17-5-4-6-18(13-17)15-24-9-11-25(12-10-24)22(26)16-28-23(27)21-14-19-7-2-3-8-20(19)29-21/h2-8,13-14H,9-12,15-16H2,1H3. The SMILES string of the molecule is Cc1cccc(CN2CCN(C(=O)COC(=O)c3cc4ccccc4o3)CC2)c1. The molecule has 3 aromatic rings. The fourth-order valence-corrected chi connectivity index (χ4v) is 3.60. The molecule has 1 aliphatic rings. The zero-order valence-corrected chi connectivity index (χ0v) is 16.5. The molecule has 2 aromatic carbocycles. The number of rotatable bonds is 5. The highest BCUT2D eigenvalue weighted by atomic mass is 16.5. The predicted molar refractivity (Wildman–Crippen MR) is 110 cm³/mol. The third-order valence-electron chi connectivity index (χ3n) is 5.17. The van der Waals surface area contributed by atoms with Crippen LogP contribution in [0.2, 0.25) is 0 Å². The lowest BCUT2D eigenvalue weighted by molar-refractivity contribution is -0.136. The van der Waals surface area contributed by atoms with Crippen LogP contribution in [0, 0.1) is 6.92 Å². The maximum Gasteiger partial charge on any atom is 0.374 e. The van der Waals surface area contributed by atoms with Gasteiger partial charge in [0.25, 0.3) is 5.91 Å². The summed E-state index contributed by atoms with van der Waals surface area (Å²) in [5.41, 5.74) is 3.16. The average molecular weight is 392 g/mol. The molecule has 6 heteroatoms. The van der Waals surface area contributed by atoms with Crippen molar-refractivity contribution in [3.8, 4) is 0 Å². The second kappa shape index (κ2) is 8.49. The zero-order chi connectivity index (χ0) is 20.2. The van der Waals surface area contributed by atoms with Gasteiger partial charge in [-0.3, -0.25) is 9.69 Å². The van der Waals surface area contributed by atoms with E-state index in [0.717, 1.165) is 25.0 Å². The lowest BCUT2D eigenvalue weighted by atomic mass is 10.1. The summed E-state index contributed by atoms with van der Waals surface area (Å²) in [5.74, 6) is -0.681. The van der Waals surface area contributed by atoms with Crippen LogP contribution in [-0.2, 0) is 16.1 Å². The number of fused-ring (bicyclic) bond motifs is 1. The number of carbonyl (C=O) groups excluding carboxylic acids is 2. The van der Waals surface area contributed by atoms with Gasteiger partial charge in [0.15, 0.2) is 6.61 Å². The van der Waals surface area contributed by atoms with Crippen molar-refractivity contribution in [1.82, 2.24) is 9.80 Å². The van der Waals surface area contributed by atoms with Gasteiger partial charge in [0, 0.05) is 38.1 Å². The summed E-state index contributed by atoms with van der Waals surface area (Å²) in [6.07, 6.45) is 0. The summed E-state index contributed by atoms with van der Waals surface area (Å²) in [5, 5.41) is 0.829. The number of esters is 1. The molecule has 0 saturated carbocycles. The molecule has 150 valence electrons. The molecule has 1 aromatic heterocycles. The molecule has 0 unspecified atom stereocenters. The van der Waals surface area contributed by atoms with Crippen LogP contribution in [0.25, 0.3) is 11.0 Å². The Morgan fingerprint density at radius 1 is 1.00 bits per heavy atom. The Labute approximate surface area is 169 Å². The van der Waals surface area contributed by atoms with Gasteiger partial charge in [0.05, 0.1) is 0 Å². The van der Waals surface area contributed by atoms with Gasteiger partial charge in [-0.2, -0.15) is 0 Å². The molecule has 0 aliphatic carbocycles. The molecular formula is C23H24N2O4. The first-order chi connectivity index (χ1) is 14.1. The molecular weight excluding hydrogens is 368 g/mol. The van der Waals surface area contributed by atoms with Crippen LogP contribution >= 0.6 is 0 Å². The summed E-state index contributed by atoms with van der Waals surface area (Å²) >= 11 is 0. The smallest absolute Gasteiger partial charge is 0.374 e. The van der Waals surface area contributed by atoms with Crippen molar-refractivity contribution in [2.45, 2.75) is 13.5 Å². The van der Waals surface area contributed by atoms with E-state index in [0.29, 0.717) is 18.7 Å². The summed E-state index contributed by atoms with van der Waals surface area (Å²) in [4.78, 5) is 28.7. The molecule has 6 nitrogen and oxygen atoms in total. The Bertz CT molecular complexity index is 985. The van der Waals surface area contributed by atoms with Crippen molar-refractivity contribution in [1.29, 1.82) is 0 Å². The summed E-state index contributed by atoms with van der Waals surface area (Å²) in [6.45, 7) is 5.57. The topological polar surface area (TPSA) is 63.0 Å². The highest BCUT2D eigenvalue weighted by Gasteiger charge is 2.23. The third kappa shape index (κ3) is 4.66. The van der Waals surface area contributed by atoms with E-state index in [2.05, 4.69) is 36.1 Å². The number of aryl methyl sites for hydroxylation is 1. The number of benzene rings is 2. The van der Waals surface area contributed by atoms with Gasteiger partial charge in [-0.15, -0.1) is 0 Å². The number of carbonyl (C=O) groups is 2. The number of para-hydroxylation sites is 1. The second-order valence-corrected chi connectivity index (χ2v) is 7.37. The number of ether oxygens (including phenoxy) is 1. The van der Waals surface area contributed by atoms with Gasteiger partial charge < -0.3 is 14.1 Å². The van der Waals surface area contributed by atoms with Crippen LogP contribution in [0.15, 0.2) is 59.0 Å². The van der Waals surface area contributed by atoms with E-state index in [4.69, 9.17) is 9.15 Å². The van der Waals surface area contributed by atoms with Crippen molar-refractivity contribution in [2.75, 3.05) is 32.8 Å². The van der Waals surface area contributed by atoms with Gasteiger partial charge >= 0.3 is 5.97 Å². The Morgan fingerprint density at radius 3 is 2.55 bits per heavy atom. The summed E-state index contributed by atoms with van der Waals surface area (Å²) in [7, 11) is 0. The van der Waals surface area contributed by atoms with Crippen LogP contribution in [0.3, 0.4) is 0 Å².